The van der Waals surface area contributed by atoms with Gasteiger partial charge in [0.2, 0.25) is 5.91 Å². The Balaban J connectivity index is 1.92. The van der Waals surface area contributed by atoms with Crippen LogP contribution in [0.2, 0.25) is 0 Å². The van der Waals surface area contributed by atoms with E-state index in [4.69, 9.17) is 9.47 Å². The number of hydrogen-bond acceptors (Lipinski definition) is 4. The lowest BCUT2D eigenvalue weighted by molar-refractivity contribution is -0.142. The number of amides is 1. The number of carbonyl (C=O) groups is 2. The number of benzene rings is 2. The number of carbonyl (C=O) groups excluding carboxylic acids is 1. The fourth-order valence-electron chi connectivity index (χ4n) is 2.44. The molecular weight excluding hydrogens is 334 g/mol. The van der Waals surface area contributed by atoms with Crippen LogP contribution in [0.5, 0.6) is 0 Å². The summed E-state index contributed by atoms with van der Waals surface area (Å²) >= 11 is 0. The Labute approximate surface area is 152 Å². The molecule has 0 saturated heterocycles. The highest BCUT2D eigenvalue weighted by Gasteiger charge is 2.20. The lowest BCUT2D eigenvalue weighted by Gasteiger charge is -2.15. The third-order valence-corrected chi connectivity index (χ3v) is 3.80. The molecule has 0 aliphatic heterocycles. The maximum atomic E-state index is 11.8. The molecule has 0 aliphatic carbocycles. The highest BCUT2D eigenvalue weighted by molar-refractivity contribution is 5.84. The number of carboxylic acids is 1. The van der Waals surface area contributed by atoms with Crippen LogP contribution in [0.1, 0.15) is 5.56 Å². The molecule has 2 aromatic rings. The van der Waals surface area contributed by atoms with Gasteiger partial charge in [-0.2, -0.15) is 0 Å². The second kappa shape index (κ2) is 10.3. The van der Waals surface area contributed by atoms with Crippen LogP contribution >= 0.6 is 0 Å². The first-order valence-corrected chi connectivity index (χ1v) is 8.33. The van der Waals surface area contributed by atoms with E-state index in [1.54, 1.807) is 0 Å². The summed E-state index contributed by atoms with van der Waals surface area (Å²) in [5, 5.41) is 11.8. The van der Waals surface area contributed by atoms with Gasteiger partial charge < -0.3 is 19.9 Å². The van der Waals surface area contributed by atoms with Crippen molar-refractivity contribution in [3.05, 3.63) is 60.2 Å². The monoisotopic (exact) mass is 357 g/mol. The van der Waals surface area contributed by atoms with Gasteiger partial charge in [0.25, 0.3) is 0 Å². The Morgan fingerprint density at radius 3 is 2.27 bits per heavy atom. The van der Waals surface area contributed by atoms with Gasteiger partial charge in [-0.15, -0.1) is 0 Å². The summed E-state index contributed by atoms with van der Waals surface area (Å²) in [4.78, 5) is 23.2. The van der Waals surface area contributed by atoms with E-state index in [0.717, 1.165) is 16.7 Å². The lowest BCUT2D eigenvalue weighted by atomic mass is 10.0. The van der Waals surface area contributed by atoms with Crippen LogP contribution in [0.4, 0.5) is 0 Å². The van der Waals surface area contributed by atoms with Crippen LogP contribution in [0.25, 0.3) is 11.1 Å². The van der Waals surface area contributed by atoms with E-state index in [9.17, 15) is 14.7 Å². The van der Waals surface area contributed by atoms with Crippen molar-refractivity contribution in [1.29, 1.82) is 0 Å². The van der Waals surface area contributed by atoms with Gasteiger partial charge >= 0.3 is 5.97 Å². The number of ether oxygens (including phenoxy) is 2. The molecule has 1 amide bonds. The fourth-order valence-corrected chi connectivity index (χ4v) is 2.44. The van der Waals surface area contributed by atoms with Gasteiger partial charge in [-0.25, -0.2) is 4.79 Å². The number of carboxylic acid groups (broad SMARTS) is 1. The van der Waals surface area contributed by atoms with Crippen LogP contribution in [0.3, 0.4) is 0 Å². The van der Waals surface area contributed by atoms with Crippen molar-refractivity contribution in [1.82, 2.24) is 5.32 Å². The van der Waals surface area contributed by atoms with Gasteiger partial charge in [-0.3, -0.25) is 4.79 Å². The summed E-state index contributed by atoms with van der Waals surface area (Å²) in [6.07, 6.45) is 0.203. The second-order valence-corrected chi connectivity index (χ2v) is 5.77. The topological polar surface area (TPSA) is 84.9 Å². The van der Waals surface area contributed by atoms with Crippen molar-refractivity contribution in [3.63, 3.8) is 0 Å². The molecule has 0 unspecified atom stereocenters. The molecule has 0 aromatic heterocycles. The third kappa shape index (κ3) is 6.31. The normalized spacial score (nSPS) is 11.7. The molecule has 2 rings (SSSR count). The predicted molar refractivity (Wildman–Crippen MR) is 97.8 cm³/mol. The number of aliphatic carboxylic acids is 1. The largest absolute Gasteiger partial charge is 0.480 e. The molecular formula is C20H23NO5. The Morgan fingerprint density at radius 1 is 1.00 bits per heavy atom. The molecule has 2 aromatic carbocycles. The summed E-state index contributed by atoms with van der Waals surface area (Å²) in [7, 11) is 1.53. The minimum absolute atomic E-state index is 0.194. The quantitative estimate of drug-likeness (QED) is 0.636. The van der Waals surface area contributed by atoms with Crippen LogP contribution in [0.15, 0.2) is 54.6 Å². The molecule has 0 fully saturated rings. The third-order valence-electron chi connectivity index (χ3n) is 3.80. The van der Waals surface area contributed by atoms with Crippen LogP contribution in [-0.2, 0) is 25.5 Å². The maximum Gasteiger partial charge on any atom is 0.326 e. The zero-order valence-electron chi connectivity index (χ0n) is 14.7. The first-order valence-electron chi connectivity index (χ1n) is 8.33. The average Bonchev–Trinajstić information content (AvgIpc) is 2.66. The van der Waals surface area contributed by atoms with E-state index in [2.05, 4.69) is 5.32 Å². The van der Waals surface area contributed by atoms with Crippen molar-refractivity contribution in [2.75, 3.05) is 26.9 Å². The number of rotatable bonds is 10. The van der Waals surface area contributed by atoms with E-state index in [1.807, 2.05) is 54.6 Å². The zero-order chi connectivity index (χ0) is 18.8. The highest BCUT2D eigenvalue weighted by Crippen LogP contribution is 2.19. The first kappa shape index (κ1) is 19.6. The Bertz CT molecular complexity index is 700. The summed E-state index contributed by atoms with van der Waals surface area (Å²) in [6.45, 7) is 0.464. The van der Waals surface area contributed by atoms with E-state index in [-0.39, 0.29) is 19.6 Å². The van der Waals surface area contributed by atoms with E-state index < -0.39 is 17.9 Å². The Kier molecular flexibility index (Phi) is 7.79. The van der Waals surface area contributed by atoms with Gasteiger partial charge in [0.05, 0.1) is 13.2 Å². The van der Waals surface area contributed by atoms with Gasteiger partial charge in [0, 0.05) is 13.5 Å². The molecule has 0 aliphatic rings. The minimum Gasteiger partial charge on any atom is -0.480 e. The predicted octanol–water partition coefficient (Wildman–Crippen LogP) is 2.13. The zero-order valence-corrected chi connectivity index (χ0v) is 14.7. The highest BCUT2D eigenvalue weighted by atomic mass is 16.5. The Hall–Kier alpha value is -2.70. The van der Waals surface area contributed by atoms with Gasteiger partial charge in [0.1, 0.15) is 12.6 Å². The summed E-state index contributed by atoms with van der Waals surface area (Å²) in [5.41, 5.74) is 2.98. The van der Waals surface area contributed by atoms with E-state index >= 15 is 0 Å². The minimum atomic E-state index is -1.08. The van der Waals surface area contributed by atoms with Gasteiger partial charge in [0.15, 0.2) is 0 Å². The van der Waals surface area contributed by atoms with E-state index in [1.165, 1.54) is 7.11 Å². The SMILES string of the molecule is COCCOCC(=O)N[C@@H](Cc1ccc(-c2ccccc2)cc1)C(=O)O. The molecule has 26 heavy (non-hydrogen) atoms. The van der Waals surface area contributed by atoms with Crippen molar-refractivity contribution in [2.24, 2.45) is 0 Å². The average molecular weight is 357 g/mol. The first-order chi connectivity index (χ1) is 12.6. The van der Waals surface area contributed by atoms with Crippen LogP contribution in [-0.4, -0.2) is 50.0 Å². The number of nitrogens with one attached hydrogen (secondary N) is 1. The van der Waals surface area contributed by atoms with E-state index in [0.29, 0.717) is 6.61 Å². The number of methoxy groups -OCH3 is 1. The molecule has 138 valence electrons. The molecule has 0 radical (unpaired) electrons. The second-order valence-electron chi connectivity index (χ2n) is 5.77. The van der Waals surface area contributed by atoms with Crippen LogP contribution < -0.4 is 5.32 Å². The van der Waals surface area contributed by atoms with Crippen molar-refractivity contribution < 1.29 is 24.2 Å². The molecule has 1 atom stereocenters. The number of hydrogen-bond donors (Lipinski definition) is 2. The smallest absolute Gasteiger partial charge is 0.326 e. The van der Waals surface area contributed by atoms with Crippen molar-refractivity contribution in [3.8, 4) is 11.1 Å². The molecule has 6 heteroatoms. The summed E-state index contributed by atoms with van der Waals surface area (Å²) in [5.74, 6) is -1.54. The standard InChI is InChI=1S/C20H23NO5/c1-25-11-12-26-14-19(22)21-18(20(23)24)13-15-7-9-17(10-8-15)16-5-3-2-4-6-16/h2-10,18H,11-14H2,1H3,(H,21,22)(H,23,24)/t18-/m0/s1. The molecule has 0 saturated carbocycles. The van der Waals surface area contributed by atoms with Crippen molar-refractivity contribution >= 4 is 11.9 Å². The molecule has 0 bridgehead atoms. The molecule has 0 spiro atoms. The Morgan fingerprint density at radius 2 is 1.65 bits per heavy atom. The van der Waals surface area contributed by atoms with Gasteiger partial charge in [-0.05, 0) is 16.7 Å². The summed E-state index contributed by atoms with van der Waals surface area (Å²) in [6, 6.07) is 16.5. The molecule has 6 nitrogen and oxygen atoms in total. The lowest BCUT2D eigenvalue weighted by Crippen LogP contribution is -2.44. The van der Waals surface area contributed by atoms with Gasteiger partial charge in [-0.1, -0.05) is 54.6 Å². The van der Waals surface area contributed by atoms with Crippen LogP contribution in [0, 0.1) is 0 Å². The maximum absolute atomic E-state index is 11.8. The van der Waals surface area contributed by atoms with Crippen molar-refractivity contribution in [2.45, 2.75) is 12.5 Å². The fraction of sp³-hybridized carbons (Fsp3) is 0.300. The summed E-state index contributed by atoms with van der Waals surface area (Å²) < 4.78 is 9.91. The molecule has 2 N–H and O–H groups in total. The molecule has 0 heterocycles.